The van der Waals surface area contributed by atoms with Crippen LogP contribution in [0.3, 0.4) is 0 Å². The molecular weight excluding hydrogens is 308 g/mol. The van der Waals surface area contributed by atoms with Crippen molar-refractivity contribution in [1.82, 2.24) is 10.2 Å². The van der Waals surface area contributed by atoms with Gasteiger partial charge in [-0.1, -0.05) is 31.5 Å². The SMILES string of the molecule is CCCCSCCC(=O)N1CCNCC1c1ccccc1OC. The number of benzene rings is 1. The molecule has 1 aliphatic heterocycles. The summed E-state index contributed by atoms with van der Waals surface area (Å²) in [6, 6.07) is 8.07. The minimum absolute atomic E-state index is 0.0630. The number of methoxy groups -OCH3 is 1. The van der Waals surface area contributed by atoms with E-state index in [0.29, 0.717) is 6.42 Å². The average molecular weight is 337 g/mol. The molecule has 0 aliphatic carbocycles. The van der Waals surface area contributed by atoms with Crippen LogP contribution < -0.4 is 10.1 Å². The average Bonchev–Trinajstić information content (AvgIpc) is 2.61. The molecule has 1 aliphatic rings. The van der Waals surface area contributed by atoms with Gasteiger partial charge in [0.05, 0.1) is 13.2 Å². The molecule has 2 rings (SSSR count). The minimum Gasteiger partial charge on any atom is -0.496 e. The van der Waals surface area contributed by atoms with E-state index in [1.807, 2.05) is 34.9 Å². The van der Waals surface area contributed by atoms with E-state index in [1.165, 1.54) is 12.8 Å². The number of nitrogens with zero attached hydrogens (tertiary/aromatic N) is 1. The number of unbranched alkanes of at least 4 members (excludes halogenated alkanes) is 1. The zero-order chi connectivity index (χ0) is 16.5. The summed E-state index contributed by atoms with van der Waals surface area (Å²) in [5.74, 6) is 3.19. The number of carbonyl (C=O) groups excluding carboxylic acids is 1. The summed E-state index contributed by atoms with van der Waals surface area (Å²) in [7, 11) is 1.69. The Morgan fingerprint density at radius 1 is 1.39 bits per heavy atom. The van der Waals surface area contributed by atoms with Gasteiger partial charge < -0.3 is 15.0 Å². The highest BCUT2D eigenvalue weighted by atomic mass is 32.2. The number of ether oxygens (including phenoxy) is 1. The van der Waals surface area contributed by atoms with Crippen molar-refractivity contribution in [3.05, 3.63) is 29.8 Å². The van der Waals surface area contributed by atoms with E-state index < -0.39 is 0 Å². The van der Waals surface area contributed by atoms with Crippen LogP contribution in [0.2, 0.25) is 0 Å². The Labute approximate surface area is 144 Å². The molecule has 0 saturated carbocycles. The molecule has 23 heavy (non-hydrogen) atoms. The number of thioether (sulfide) groups is 1. The van der Waals surface area contributed by atoms with E-state index in [4.69, 9.17) is 4.74 Å². The van der Waals surface area contributed by atoms with Crippen molar-refractivity contribution < 1.29 is 9.53 Å². The standard InChI is InChI=1S/C18H28N2O2S/c1-3-4-12-23-13-9-18(21)20-11-10-19-14-16(20)15-7-5-6-8-17(15)22-2/h5-8,16,19H,3-4,9-14H2,1-2H3. The maximum absolute atomic E-state index is 12.7. The summed E-state index contributed by atoms with van der Waals surface area (Å²) < 4.78 is 5.48. The maximum Gasteiger partial charge on any atom is 0.224 e. The second-order valence-electron chi connectivity index (χ2n) is 5.76. The predicted octanol–water partition coefficient (Wildman–Crippen LogP) is 3.09. The fraction of sp³-hybridized carbons (Fsp3) is 0.611. The highest BCUT2D eigenvalue weighted by Gasteiger charge is 2.29. The molecule has 0 aromatic heterocycles. The first-order valence-corrected chi connectivity index (χ1v) is 9.64. The van der Waals surface area contributed by atoms with E-state index in [1.54, 1.807) is 7.11 Å². The van der Waals surface area contributed by atoms with Gasteiger partial charge in [0.2, 0.25) is 5.91 Å². The van der Waals surface area contributed by atoms with Crippen molar-refractivity contribution in [2.24, 2.45) is 0 Å². The first-order chi connectivity index (χ1) is 11.3. The van der Waals surface area contributed by atoms with Crippen LogP contribution in [-0.2, 0) is 4.79 Å². The summed E-state index contributed by atoms with van der Waals surface area (Å²) in [6.07, 6.45) is 3.07. The minimum atomic E-state index is 0.0630. The third kappa shape index (κ3) is 5.15. The molecular formula is C18H28N2O2S. The smallest absolute Gasteiger partial charge is 0.224 e. The molecule has 0 spiro atoms. The molecule has 1 atom stereocenters. The molecule has 1 heterocycles. The third-order valence-corrected chi connectivity index (χ3v) is 5.23. The van der Waals surface area contributed by atoms with Crippen LogP contribution in [-0.4, -0.2) is 49.1 Å². The normalized spacial score (nSPS) is 18.0. The largest absolute Gasteiger partial charge is 0.496 e. The monoisotopic (exact) mass is 336 g/mol. The zero-order valence-electron chi connectivity index (χ0n) is 14.2. The fourth-order valence-corrected chi connectivity index (χ4v) is 3.89. The number of nitrogens with one attached hydrogen (secondary N) is 1. The van der Waals surface area contributed by atoms with E-state index in [9.17, 15) is 4.79 Å². The van der Waals surface area contributed by atoms with Gasteiger partial charge in [0.25, 0.3) is 0 Å². The van der Waals surface area contributed by atoms with Crippen molar-refractivity contribution in [3.63, 3.8) is 0 Å². The van der Waals surface area contributed by atoms with Crippen molar-refractivity contribution >= 4 is 17.7 Å². The molecule has 5 heteroatoms. The molecule has 1 aromatic carbocycles. The second kappa shape index (κ2) is 9.83. The number of hydrogen-bond acceptors (Lipinski definition) is 4. The van der Waals surface area contributed by atoms with Crippen molar-refractivity contribution in [2.45, 2.75) is 32.2 Å². The number of piperazine rings is 1. The summed E-state index contributed by atoms with van der Waals surface area (Å²) in [5, 5.41) is 3.40. The van der Waals surface area contributed by atoms with Gasteiger partial charge in [-0.05, 0) is 18.2 Å². The molecule has 1 aromatic rings. The van der Waals surface area contributed by atoms with E-state index in [2.05, 4.69) is 18.3 Å². The highest BCUT2D eigenvalue weighted by Crippen LogP contribution is 2.30. The van der Waals surface area contributed by atoms with Crippen molar-refractivity contribution in [2.75, 3.05) is 38.2 Å². The lowest BCUT2D eigenvalue weighted by molar-refractivity contribution is -0.134. The molecule has 0 bridgehead atoms. The number of para-hydroxylation sites is 1. The third-order valence-electron chi connectivity index (χ3n) is 4.16. The van der Waals surface area contributed by atoms with Crippen LogP contribution in [0.15, 0.2) is 24.3 Å². The second-order valence-corrected chi connectivity index (χ2v) is 6.99. The summed E-state index contributed by atoms with van der Waals surface area (Å²) in [6.45, 7) is 4.61. The van der Waals surface area contributed by atoms with Crippen LogP contribution in [0.5, 0.6) is 5.75 Å². The Hall–Kier alpha value is -1.20. The molecule has 1 N–H and O–H groups in total. The summed E-state index contributed by atoms with van der Waals surface area (Å²) in [5.41, 5.74) is 1.09. The van der Waals surface area contributed by atoms with Gasteiger partial charge in [0, 0.05) is 37.4 Å². The predicted molar refractivity (Wildman–Crippen MR) is 97.2 cm³/mol. The van der Waals surface area contributed by atoms with Gasteiger partial charge >= 0.3 is 0 Å². The first kappa shape index (κ1) is 18.1. The molecule has 4 nitrogen and oxygen atoms in total. The number of amides is 1. The fourth-order valence-electron chi connectivity index (χ4n) is 2.87. The van der Waals surface area contributed by atoms with Crippen LogP contribution in [0, 0.1) is 0 Å². The van der Waals surface area contributed by atoms with Crippen LogP contribution >= 0.6 is 11.8 Å². The van der Waals surface area contributed by atoms with Gasteiger partial charge in [-0.3, -0.25) is 4.79 Å². The quantitative estimate of drug-likeness (QED) is 0.741. The van der Waals surface area contributed by atoms with Gasteiger partial charge in [0.1, 0.15) is 5.75 Å². The lowest BCUT2D eigenvalue weighted by Gasteiger charge is -2.37. The first-order valence-electron chi connectivity index (χ1n) is 8.48. The molecule has 0 radical (unpaired) electrons. The van der Waals surface area contributed by atoms with Crippen LogP contribution in [0.4, 0.5) is 0 Å². The molecule has 1 saturated heterocycles. The van der Waals surface area contributed by atoms with Gasteiger partial charge in [0.15, 0.2) is 0 Å². The van der Waals surface area contributed by atoms with E-state index >= 15 is 0 Å². The number of hydrogen-bond donors (Lipinski definition) is 1. The molecule has 1 amide bonds. The van der Waals surface area contributed by atoms with Gasteiger partial charge in [-0.25, -0.2) is 0 Å². The summed E-state index contributed by atoms with van der Waals surface area (Å²) >= 11 is 1.89. The van der Waals surface area contributed by atoms with E-state index in [0.717, 1.165) is 42.5 Å². The molecule has 1 unspecified atom stereocenters. The van der Waals surface area contributed by atoms with E-state index in [-0.39, 0.29) is 11.9 Å². The zero-order valence-corrected chi connectivity index (χ0v) is 15.0. The van der Waals surface area contributed by atoms with Crippen molar-refractivity contribution in [3.8, 4) is 5.75 Å². The lowest BCUT2D eigenvalue weighted by Crippen LogP contribution is -2.48. The Balaban J connectivity index is 1.99. The van der Waals surface area contributed by atoms with Crippen LogP contribution in [0.1, 0.15) is 37.8 Å². The summed E-state index contributed by atoms with van der Waals surface area (Å²) in [4.78, 5) is 14.7. The Morgan fingerprint density at radius 3 is 3.00 bits per heavy atom. The Morgan fingerprint density at radius 2 is 2.22 bits per heavy atom. The maximum atomic E-state index is 12.7. The molecule has 1 fully saturated rings. The molecule has 128 valence electrons. The van der Waals surface area contributed by atoms with Gasteiger partial charge in [-0.2, -0.15) is 11.8 Å². The number of rotatable bonds is 8. The number of carbonyl (C=O) groups is 1. The van der Waals surface area contributed by atoms with Crippen molar-refractivity contribution in [1.29, 1.82) is 0 Å². The Kier molecular flexibility index (Phi) is 7.76. The highest BCUT2D eigenvalue weighted by molar-refractivity contribution is 7.99. The lowest BCUT2D eigenvalue weighted by atomic mass is 10.0. The topological polar surface area (TPSA) is 41.6 Å². The Bertz CT molecular complexity index is 496. The van der Waals surface area contributed by atoms with Gasteiger partial charge in [-0.15, -0.1) is 0 Å². The van der Waals surface area contributed by atoms with Crippen LogP contribution in [0.25, 0.3) is 0 Å².